The second-order valence-corrected chi connectivity index (χ2v) is 4.92. The summed E-state index contributed by atoms with van der Waals surface area (Å²) in [6, 6.07) is 12.3. The summed E-state index contributed by atoms with van der Waals surface area (Å²) in [5.74, 6) is -0.151. The normalized spacial score (nSPS) is 15.1. The summed E-state index contributed by atoms with van der Waals surface area (Å²) in [4.78, 5) is 22.6. The third kappa shape index (κ3) is 2.24. The zero-order valence-corrected chi connectivity index (χ0v) is 11.1. The van der Waals surface area contributed by atoms with Gasteiger partial charge in [0, 0.05) is 21.7 Å². The molecule has 2 aromatic rings. The first-order valence-electron chi connectivity index (χ1n) is 6.05. The van der Waals surface area contributed by atoms with Gasteiger partial charge in [-0.05, 0) is 23.8 Å². The van der Waals surface area contributed by atoms with Crippen LogP contribution in [0.4, 0.5) is 5.69 Å². The zero-order valence-electron chi connectivity index (χ0n) is 10.4. The number of amides is 1. The molecule has 1 aliphatic rings. The van der Waals surface area contributed by atoms with Crippen LogP contribution in [0.1, 0.15) is 21.5 Å². The molecule has 2 aromatic carbocycles. The van der Waals surface area contributed by atoms with Crippen molar-refractivity contribution >= 4 is 41.1 Å². The van der Waals surface area contributed by atoms with Crippen LogP contribution in [0, 0.1) is 0 Å². The van der Waals surface area contributed by atoms with Crippen LogP contribution in [0.2, 0.25) is 5.02 Å². The van der Waals surface area contributed by atoms with Crippen LogP contribution in [0.5, 0.6) is 0 Å². The fourth-order valence-corrected chi connectivity index (χ4v) is 2.32. The highest BCUT2D eigenvalue weighted by Crippen LogP contribution is 2.34. The van der Waals surface area contributed by atoms with Crippen molar-refractivity contribution in [3.63, 3.8) is 0 Å². The summed E-state index contributed by atoms with van der Waals surface area (Å²) in [5.41, 5.74) is 3.62. The molecule has 0 unspecified atom stereocenters. The van der Waals surface area contributed by atoms with Crippen molar-refractivity contribution in [3.8, 4) is 0 Å². The summed E-state index contributed by atoms with van der Waals surface area (Å²) in [5, 5.41) is 3.37. The Morgan fingerprint density at radius 3 is 2.40 bits per heavy atom. The van der Waals surface area contributed by atoms with Crippen molar-refractivity contribution in [1.82, 2.24) is 0 Å². The largest absolute Gasteiger partial charge is 0.321 e. The van der Waals surface area contributed by atoms with Gasteiger partial charge in [0.25, 0.3) is 5.91 Å². The molecule has 0 atom stereocenters. The smallest absolute Gasteiger partial charge is 0.256 e. The van der Waals surface area contributed by atoms with Crippen LogP contribution in [-0.2, 0) is 4.79 Å². The molecule has 4 heteroatoms. The Kier molecular flexibility index (Phi) is 3.12. The highest BCUT2D eigenvalue weighted by atomic mass is 35.5. The average molecular weight is 284 g/mol. The van der Waals surface area contributed by atoms with E-state index in [1.165, 1.54) is 0 Å². The number of carbonyl (C=O) groups excluding carboxylic acids is 2. The molecule has 3 rings (SSSR count). The van der Waals surface area contributed by atoms with Gasteiger partial charge < -0.3 is 5.32 Å². The van der Waals surface area contributed by atoms with E-state index >= 15 is 0 Å². The summed E-state index contributed by atoms with van der Waals surface area (Å²) in [6.45, 7) is 0. The number of hydrogen-bond acceptors (Lipinski definition) is 2. The molecule has 0 saturated carbocycles. The number of aldehydes is 1. The van der Waals surface area contributed by atoms with E-state index in [0.717, 1.165) is 23.1 Å². The van der Waals surface area contributed by atoms with Crippen LogP contribution >= 0.6 is 11.6 Å². The highest BCUT2D eigenvalue weighted by molar-refractivity contribution is 6.36. The van der Waals surface area contributed by atoms with Crippen LogP contribution in [0.25, 0.3) is 11.6 Å². The maximum absolute atomic E-state index is 12.0. The lowest BCUT2D eigenvalue weighted by Gasteiger charge is -1.99. The summed E-state index contributed by atoms with van der Waals surface area (Å²) in [6.07, 6.45) is 2.58. The Balaban J connectivity index is 2.03. The van der Waals surface area contributed by atoms with Crippen molar-refractivity contribution in [2.24, 2.45) is 0 Å². The Labute approximate surface area is 120 Å². The lowest BCUT2D eigenvalue weighted by molar-refractivity contribution is -0.110. The number of nitrogens with one attached hydrogen (secondary N) is 1. The molecule has 0 aliphatic carbocycles. The van der Waals surface area contributed by atoms with Crippen molar-refractivity contribution < 1.29 is 9.59 Å². The van der Waals surface area contributed by atoms with E-state index in [0.29, 0.717) is 16.2 Å². The quantitative estimate of drug-likeness (QED) is 0.675. The number of hydrogen-bond donors (Lipinski definition) is 1. The number of benzene rings is 2. The predicted octanol–water partition coefficient (Wildman–Crippen LogP) is 3.65. The Morgan fingerprint density at radius 1 is 1.00 bits per heavy atom. The fourth-order valence-electron chi connectivity index (χ4n) is 2.15. The van der Waals surface area contributed by atoms with Gasteiger partial charge in [0.15, 0.2) is 0 Å². The molecule has 1 N–H and O–H groups in total. The molecule has 1 amide bonds. The van der Waals surface area contributed by atoms with Gasteiger partial charge in [0.2, 0.25) is 0 Å². The number of carbonyl (C=O) groups is 2. The fraction of sp³-hybridized carbons (Fsp3) is 0. The van der Waals surface area contributed by atoms with Crippen molar-refractivity contribution in [1.29, 1.82) is 0 Å². The molecule has 0 saturated heterocycles. The summed E-state index contributed by atoms with van der Waals surface area (Å²) < 4.78 is 0. The van der Waals surface area contributed by atoms with Gasteiger partial charge in [-0.1, -0.05) is 41.9 Å². The second kappa shape index (κ2) is 4.94. The first-order valence-corrected chi connectivity index (χ1v) is 6.43. The number of fused-ring (bicyclic) bond motifs is 1. The Bertz CT molecular complexity index is 733. The predicted molar refractivity (Wildman–Crippen MR) is 79.8 cm³/mol. The lowest BCUT2D eigenvalue weighted by atomic mass is 10.0. The van der Waals surface area contributed by atoms with Crippen LogP contribution in [0.3, 0.4) is 0 Å². The van der Waals surface area contributed by atoms with Gasteiger partial charge >= 0.3 is 0 Å². The number of halogens is 1. The van der Waals surface area contributed by atoms with Gasteiger partial charge in [0.1, 0.15) is 6.29 Å². The van der Waals surface area contributed by atoms with E-state index in [-0.39, 0.29) is 5.91 Å². The van der Waals surface area contributed by atoms with Crippen molar-refractivity contribution in [3.05, 3.63) is 64.2 Å². The van der Waals surface area contributed by atoms with E-state index in [9.17, 15) is 9.59 Å². The molecule has 1 heterocycles. The minimum Gasteiger partial charge on any atom is -0.321 e. The molecule has 1 aliphatic heterocycles. The van der Waals surface area contributed by atoms with E-state index in [1.54, 1.807) is 42.5 Å². The Hall–Kier alpha value is -2.39. The molecular weight excluding hydrogens is 274 g/mol. The Morgan fingerprint density at radius 2 is 1.70 bits per heavy atom. The SMILES string of the molecule is O=Cc1ccc(/C=C2/C(=O)Nc3cc(Cl)ccc32)cc1. The molecule has 0 bridgehead atoms. The standard InChI is InChI=1S/C16H10ClNO2/c17-12-5-6-13-14(16(20)18-15(13)8-12)7-10-1-3-11(9-19)4-2-10/h1-9H,(H,18,20)/b14-7+. The second-order valence-electron chi connectivity index (χ2n) is 4.49. The third-order valence-electron chi connectivity index (χ3n) is 3.15. The van der Waals surface area contributed by atoms with E-state index in [1.807, 2.05) is 6.07 Å². The highest BCUT2D eigenvalue weighted by Gasteiger charge is 2.23. The average Bonchev–Trinajstić information content (AvgIpc) is 2.75. The molecule has 3 nitrogen and oxygen atoms in total. The van der Waals surface area contributed by atoms with Crippen LogP contribution < -0.4 is 5.32 Å². The van der Waals surface area contributed by atoms with Gasteiger partial charge in [-0.25, -0.2) is 0 Å². The van der Waals surface area contributed by atoms with Gasteiger partial charge in [-0.3, -0.25) is 9.59 Å². The van der Waals surface area contributed by atoms with Crippen LogP contribution in [-0.4, -0.2) is 12.2 Å². The number of rotatable bonds is 2. The van der Waals surface area contributed by atoms with Crippen molar-refractivity contribution in [2.75, 3.05) is 5.32 Å². The molecule has 0 radical (unpaired) electrons. The first-order chi connectivity index (χ1) is 9.67. The first kappa shape index (κ1) is 12.6. The van der Waals surface area contributed by atoms with Crippen LogP contribution in [0.15, 0.2) is 42.5 Å². The van der Waals surface area contributed by atoms with Crippen molar-refractivity contribution in [2.45, 2.75) is 0 Å². The summed E-state index contributed by atoms with van der Waals surface area (Å²) in [7, 11) is 0. The minimum absolute atomic E-state index is 0.151. The summed E-state index contributed by atoms with van der Waals surface area (Å²) >= 11 is 5.91. The van der Waals surface area contributed by atoms with E-state index in [2.05, 4.69) is 5.32 Å². The molecular formula is C16H10ClNO2. The molecule has 20 heavy (non-hydrogen) atoms. The number of anilines is 1. The maximum Gasteiger partial charge on any atom is 0.256 e. The van der Waals surface area contributed by atoms with Gasteiger partial charge in [-0.2, -0.15) is 0 Å². The van der Waals surface area contributed by atoms with E-state index in [4.69, 9.17) is 11.6 Å². The van der Waals surface area contributed by atoms with Gasteiger partial charge in [-0.15, -0.1) is 0 Å². The maximum atomic E-state index is 12.0. The van der Waals surface area contributed by atoms with E-state index < -0.39 is 0 Å². The molecule has 98 valence electrons. The van der Waals surface area contributed by atoms with Gasteiger partial charge in [0.05, 0.1) is 5.69 Å². The third-order valence-corrected chi connectivity index (χ3v) is 3.38. The monoisotopic (exact) mass is 283 g/mol. The topological polar surface area (TPSA) is 46.2 Å². The molecule has 0 fully saturated rings. The zero-order chi connectivity index (χ0) is 14.1. The minimum atomic E-state index is -0.151. The molecule has 0 spiro atoms. The molecule has 0 aromatic heterocycles. The lowest BCUT2D eigenvalue weighted by Crippen LogP contribution is -2.03.